The Morgan fingerprint density at radius 2 is 1.82 bits per heavy atom. The Morgan fingerprint density at radius 1 is 1.23 bits per heavy atom. The first kappa shape index (κ1) is 18.0. The van der Waals surface area contributed by atoms with Crippen LogP contribution in [0.15, 0.2) is 30.3 Å². The van der Waals surface area contributed by atoms with Gasteiger partial charge in [0.1, 0.15) is 12.2 Å². The van der Waals surface area contributed by atoms with Crippen LogP contribution in [0.25, 0.3) is 0 Å². The molecule has 122 valence electrons. The number of carbonyl (C=O) groups is 2. The molecule has 1 rings (SSSR count). The molecular formula is C16H23NO5. The first-order valence-corrected chi connectivity index (χ1v) is 7.07. The highest BCUT2D eigenvalue weighted by molar-refractivity contribution is 5.82. The SMILES string of the molecule is C[C@H](O)[C@H](NC(=O)OC(C)(C)C)C(=O)OCc1ccccc1. The molecule has 0 aliphatic rings. The van der Waals surface area contributed by atoms with Crippen molar-refractivity contribution in [3.05, 3.63) is 35.9 Å². The Balaban J connectivity index is 2.58. The molecule has 0 bridgehead atoms. The minimum absolute atomic E-state index is 0.0683. The molecule has 0 aliphatic heterocycles. The van der Waals surface area contributed by atoms with Crippen molar-refractivity contribution in [2.24, 2.45) is 0 Å². The van der Waals surface area contributed by atoms with E-state index in [1.54, 1.807) is 20.8 Å². The second kappa shape index (κ2) is 7.79. The molecule has 22 heavy (non-hydrogen) atoms. The molecule has 0 saturated heterocycles. The van der Waals surface area contributed by atoms with Crippen LogP contribution in [0.4, 0.5) is 4.79 Å². The Hall–Kier alpha value is -2.08. The summed E-state index contributed by atoms with van der Waals surface area (Å²) in [5, 5.41) is 12.0. The summed E-state index contributed by atoms with van der Waals surface area (Å²) in [5.41, 5.74) is 0.124. The lowest BCUT2D eigenvalue weighted by molar-refractivity contribution is -0.150. The van der Waals surface area contributed by atoms with Gasteiger partial charge in [-0.2, -0.15) is 0 Å². The Bertz CT molecular complexity index is 493. The smallest absolute Gasteiger partial charge is 0.408 e. The molecule has 0 saturated carbocycles. The molecule has 0 spiro atoms. The molecule has 2 N–H and O–H groups in total. The average Bonchev–Trinajstić information content (AvgIpc) is 2.41. The zero-order chi connectivity index (χ0) is 16.8. The maximum atomic E-state index is 12.0. The van der Waals surface area contributed by atoms with E-state index in [4.69, 9.17) is 9.47 Å². The fourth-order valence-corrected chi connectivity index (χ4v) is 1.63. The fourth-order valence-electron chi connectivity index (χ4n) is 1.63. The van der Waals surface area contributed by atoms with Gasteiger partial charge < -0.3 is 19.9 Å². The number of benzene rings is 1. The Kier molecular flexibility index (Phi) is 6.37. The van der Waals surface area contributed by atoms with E-state index in [2.05, 4.69) is 5.32 Å². The third kappa shape index (κ3) is 6.58. The summed E-state index contributed by atoms with van der Waals surface area (Å²) >= 11 is 0. The first-order valence-electron chi connectivity index (χ1n) is 7.07. The van der Waals surface area contributed by atoms with Crippen LogP contribution >= 0.6 is 0 Å². The number of aliphatic hydroxyl groups is 1. The van der Waals surface area contributed by atoms with E-state index in [9.17, 15) is 14.7 Å². The number of amides is 1. The maximum Gasteiger partial charge on any atom is 0.408 e. The van der Waals surface area contributed by atoms with Crippen LogP contribution in [0.1, 0.15) is 33.3 Å². The monoisotopic (exact) mass is 309 g/mol. The third-order valence-corrected chi connectivity index (χ3v) is 2.63. The molecule has 0 radical (unpaired) electrons. The van der Waals surface area contributed by atoms with E-state index < -0.39 is 29.8 Å². The van der Waals surface area contributed by atoms with Crippen molar-refractivity contribution in [2.75, 3.05) is 0 Å². The van der Waals surface area contributed by atoms with Gasteiger partial charge in [-0.3, -0.25) is 0 Å². The third-order valence-electron chi connectivity index (χ3n) is 2.63. The standard InChI is InChI=1S/C16H23NO5/c1-11(18)13(17-15(20)22-16(2,3)4)14(19)21-10-12-8-6-5-7-9-12/h5-9,11,13,18H,10H2,1-4H3,(H,17,20)/t11-,13-/m0/s1. The number of hydrogen-bond donors (Lipinski definition) is 2. The van der Waals surface area contributed by atoms with Crippen LogP contribution < -0.4 is 5.32 Å². The highest BCUT2D eigenvalue weighted by atomic mass is 16.6. The van der Waals surface area contributed by atoms with Gasteiger partial charge in [0.05, 0.1) is 6.10 Å². The van der Waals surface area contributed by atoms with E-state index in [1.165, 1.54) is 6.92 Å². The molecule has 1 aromatic carbocycles. The summed E-state index contributed by atoms with van der Waals surface area (Å²) in [6.07, 6.45) is -1.88. The number of aliphatic hydroxyl groups excluding tert-OH is 1. The molecule has 2 atom stereocenters. The van der Waals surface area contributed by atoms with E-state index >= 15 is 0 Å². The van der Waals surface area contributed by atoms with Crippen LogP contribution in [0.5, 0.6) is 0 Å². The molecule has 6 heteroatoms. The minimum Gasteiger partial charge on any atom is -0.459 e. The van der Waals surface area contributed by atoms with Gasteiger partial charge >= 0.3 is 12.1 Å². The zero-order valence-electron chi connectivity index (χ0n) is 13.3. The van der Waals surface area contributed by atoms with Crippen molar-refractivity contribution in [3.63, 3.8) is 0 Å². The summed E-state index contributed by atoms with van der Waals surface area (Å²) in [5.74, 6) is -0.718. The largest absolute Gasteiger partial charge is 0.459 e. The van der Waals surface area contributed by atoms with Crippen molar-refractivity contribution in [1.29, 1.82) is 0 Å². The van der Waals surface area contributed by atoms with Gasteiger partial charge in [0.15, 0.2) is 6.04 Å². The second-order valence-electron chi connectivity index (χ2n) is 5.96. The van der Waals surface area contributed by atoms with Crippen molar-refractivity contribution in [3.8, 4) is 0 Å². The lowest BCUT2D eigenvalue weighted by Crippen LogP contribution is -2.49. The summed E-state index contributed by atoms with van der Waals surface area (Å²) in [6, 6.07) is 7.95. The molecule has 0 unspecified atom stereocenters. The number of hydrogen-bond acceptors (Lipinski definition) is 5. The van der Waals surface area contributed by atoms with Crippen molar-refractivity contribution >= 4 is 12.1 Å². The molecule has 0 fully saturated rings. The number of alkyl carbamates (subject to hydrolysis) is 1. The average molecular weight is 309 g/mol. The van der Waals surface area contributed by atoms with Gasteiger partial charge in [-0.15, -0.1) is 0 Å². The molecule has 0 aliphatic carbocycles. The second-order valence-corrected chi connectivity index (χ2v) is 5.96. The van der Waals surface area contributed by atoms with Crippen LogP contribution in [-0.2, 0) is 20.9 Å². The molecule has 1 amide bonds. The predicted octanol–water partition coefficient (Wildman–Crippen LogP) is 2.00. The fraction of sp³-hybridized carbons (Fsp3) is 0.500. The number of esters is 1. The van der Waals surface area contributed by atoms with Crippen molar-refractivity contribution in [1.82, 2.24) is 5.32 Å². The topological polar surface area (TPSA) is 84.9 Å². The lowest BCUT2D eigenvalue weighted by atomic mass is 10.2. The summed E-state index contributed by atoms with van der Waals surface area (Å²) in [4.78, 5) is 23.7. The number of rotatable bonds is 5. The van der Waals surface area contributed by atoms with E-state index in [1.807, 2.05) is 30.3 Å². The van der Waals surface area contributed by atoms with Gasteiger partial charge in [0.2, 0.25) is 0 Å². The van der Waals surface area contributed by atoms with Crippen molar-refractivity contribution < 1.29 is 24.2 Å². The molecule has 6 nitrogen and oxygen atoms in total. The van der Waals surface area contributed by atoms with Gasteiger partial charge in [0, 0.05) is 0 Å². The molecule has 0 aromatic heterocycles. The van der Waals surface area contributed by atoms with Crippen LogP contribution in [0.3, 0.4) is 0 Å². The van der Waals surface area contributed by atoms with E-state index in [0.29, 0.717) is 0 Å². The highest BCUT2D eigenvalue weighted by Gasteiger charge is 2.29. The predicted molar refractivity (Wildman–Crippen MR) is 81.1 cm³/mol. The highest BCUT2D eigenvalue weighted by Crippen LogP contribution is 2.08. The Morgan fingerprint density at radius 3 is 2.32 bits per heavy atom. The number of carbonyl (C=O) groups excluding carboxylic acids is 2. The molecular weight excluding hydrogens is 286 g/mol. The zero-order valence-corrected chi connectivity index (χ0v) is 13.3. The summed E-state index contributed by atoms with van der Waals surface area (Å²) < 4.78 is 10.2. The van der Waals surface area contributed by atoms with E-state index in [-0.39, 0.29) is 6.61 Å². The number of ether oxygens (including phenoxy) is 2. The Labute approximate surface area is 130 Å². The quantitative estimate of drug-likeness (QED) is 0.813. The maximum absolute atomic E-state index is 12.0. The summed E-state index contributed by atoms with van der Waals surface area (Å²) in [7, 11) is 0. The molecule has 0 heterocycles. The minimum atomic E-state index is -1.18. The lowest BCUT2D eigenvalue weighted by Gasteiger charge is -2.24. The van der Waals surface area contributed by atoms with Gasteiger partial charge in [-0.1, -0.05) is 30.3 Å². The van der Waals surface area contributed by atoms with Crippen LogP contribution in [0.2, 0.25) is 0 Å². The van der Waals surface area contributed by atoms with Crippen molar-refractivity contribution in [2.45, 2.75) is 52.0 Å². The van der Waals surface area contributed by atoms with Crippen LogP contribution in [-0.4, -0.2) is 34.9 Å². The van der Waals surface area contributed by atoms with E-state index in [0.717, 1.165) is 5.56 Å². The van der Waals surface area contributed by atoms with Crippen LogP contribution in [0, 0.1) is 0 Å². The first-order chi connectivity index (χ1) is 10.2. The number of nitrogens with one attached hydrogen (secondary N) is 1. The normalized spacial score (nSPS) is 13.9. The van der Waals surface area contributed by atoms with Gasteiger partial charge in [-0.05, 0) is 33.3 Å². The van der Waals surface area contributed by atoms with Gasteiger partial charge in [-0.25, -0.2) is 9.59 Å². The summed E-state index contributed by atoms with van der Waals surface area (Å²) in [6.45, 7) is 6.58. The van der Waals surface area contributed by atoms with Gasteiger partial charge in [0.25, 0.3) is 0 Å². The molecule has 1 aromatic rings.